The molecular weight excluding hydrogens is 320 g/mol. The van der Waals surface area contributed by atoms with E-state index in [0.717, 1.165) is 19.3 Å². The molecule has 25 heavy (non-hydrogen) atoms. The van der Waals surface area contributed by atoms with Gasteiger partial charge in [0.05, 0.1) is 6.04 Å². The first-order valence-electron chi connectivity index (χ1n) is 8.23. The van der Waals surface area contributed by atoms with Crippen LogP contribution >= 0.6 is 0 Å². The number of nitrogens with zero attached hydrogens (tertiary/aromatic N) is 3. The zero-order valence-corrected chi connectivity index (χ0v) is 14.1. The van der Waals surface area contributed by atoms with Gasteiger partial charge < -0.3 is 14.7 Å². The van der Waals surface area contributed by atoms with Crippen LogP contribution in [-0.4, -0.2) is 33.4 Å². The van der Waals surface area contributed by atoms with Crippen molar-refractivity contribution in [1.82, 2.24) is 15.0 Å². The van der Waals surface area contributed by atoms with Crippen LogP contribution in [0.2, 0.25) is 0 Å². The van der Waals surface area contributed by atoms with Gasteiger partial charge in [-0.15, -0.1) is 0 Å². The molecule has 0 bridgehead atoms. The van der Waals surface area contributed by atoms with E-state index in [-0.39, 0.29) is 17.9 Å². The Morgan fingerprint density at radius 2 is 2.08 bits per heavy atom. The van der Waals surface area contributed by atoms with Crippen LogP contribution in [0.1, 0.15) is 47.4 Å². The molecule has 0 aliphatic carbocycles. The standard InChI is InChI=1S/C18H20N4O3/c1-3-16(23)20-14-9-7-13(8-10-14)18(24)22-11-5-4-6-15(22)17-19-12(2)25-21-17/h3,7-10,15H,1,4-6,11H2,2H3,(H,20,23). The number of carbonyl (C=O) groups excluding carboxylic acids is 2. The second-order valence-electron chi connectivity index (χ2n) is 5.95. The van der Waals surface area contributed by atoms with Crippen LogP contribution in [0, 0.1) is 6.92 Å². The molecule has 1 aromatic carbocycles. The summed E-state index contributed by atoms with van der Waals surface area (Å²) in [6.45, 7) is 5.81. The first kappa shape index (κ1) is 16.9. The van der Waals surface area contributed by atoms with Gasteiger partial charge >= 0.3 is 0 Å². The van der Waals surface area contributed by atoms with Crippen molar-refractivity contribution in [2.75, 3.05) is 11.9 Å². The van der Waals surface area contributed by atoms with Gasteiger partial charge in [0.2, 0.25) is 11.8 Å². The minimum atomic E-state index is -0.289. The summed E-state index contributed by atoms with van der Waals surface area (Å²) in [5.41, 5.74) is 1.18. The average Bonchev–Trinajstić information content (AvgIpc) is 3.08. The van der Waals surface area contributed by atoms with Crippen LogP contribution in [0.5, 0.6) is 0 Å². The molecule has 0 saturated carbocycles. The average molecular weight is 340 g/mol. The van der Waals surface area contributed by atoms with Crippen molar-refractivity contribution >= 4 is 17.5 Å². The number of rotatable bonds is 4. The van der Waals surface area contributed by atoms with Gasteiger partial charge in [0, 0.05) is 24.7 Å². The molecule has 130 valence electrons. The van der Waals surface area contributed by atoms with Crippen LogP contribution in [0.15, 0.2) is 41.4 Å². The van der Waals surface area contributed by atoms with Gasteiger partial charge in [-0.3, -0.25) is 9.59 Å². The molecule has 1 aliphatic heterocycles. The lowest BCUT2D eigenvalue weighted by Gasteiger charge is -2.33. The van der Waals surface area contributed by atoms with Gasteiger partial charge in [-0.1, -0.05) is 11.7 Å². The maximum Gasteiger partial charge on any atom is 0.254 e. The Hall–Kier alpha value is -2.96. The maximum atomic E-state index is 12.9. The number of carbonyl (C=O) groups is 2. The van der Waals surface area contributed by atoms with E-state index in [1.165, 1.54) is 6.08 Å². The minimum Gasteiger partial charge on any atom is -0.340 e. The number of hydrogen-bond donors (Lipinski definition) is 1. The predicted molar refractivity (Wildman–Crippen MR) is 91.9 cm³/mol. The first-order chi connectivity index (χ1) is 12.1. The zero-order chi connectivity index (χ0) is 17.8. The quantitative estimate of drug-likeness (QED) is 0.865. The molecule has 1 N–H and O–H groups in total. The van der Waals surface area contributed by atoms with E-state index in [1.807, 2.05) is 0 Å². The lowest BCUT2D eigenvalue weighted by molar-refractivity contribution is -0.111. The molecule has 1 aliphatic rings. The molecule has 1 atom stereocenters. The number of nitrogens with one attached hydrogen (secondary N) is 1. The molecule has 3 rings (SSSR count). The summed E-state index contributed by atoms with van der Waals surface area (Å²) < 4.78 is 5.07. The van der Waals surface area contributed by atoms with E-state index in [2.05, 4.69) is 22.0 Å². The summed E-state index contributed by atoms with van der Waals surface area (Å²) in [5.74, 6) is 0.687. The highest BCUT2D eigenvalue weighted by molar-refractivity contribution is 5.99. The topological polar surface area (TPSA) is 88.3 Å². The van der Waals surface area contributed by atoms with E-state index in [9.17, 15) is 9.59 Å². The normalized spacial score (nSPS) is 17.2. The van der Waals surface area contributed by atoms with Gasteiger partial charge in [-0.2, -0.15) is 4.98 Å². The van der Waals surface area contributed by atoms with Crippen LogP contribution < -0.4 is 5.32 Å². The third-order valence-corrected chi connectivity index (χ3v) is 4.19. The Morgan fingerprint density at radius 1 is 1.32 bits per heavy atom. The van der Waals surface area contributed by atoms with Crippen LogP contribution in [-0.2, 0) is 4.79 Å². The molecule has 2 amide bonds. The first-order valence-corrected chi connectivity index (χ1v) is 8.23. The molecule has 0 radical (unpaired) electrons. The summed E-state index contributed by atoms with van der Waals surface area (Å²) in [5, 5.41) is 6.65. The van der Waals surface area contributed by atoms with Gasteiger partial charge in [0.15, 0.2) is 5.82 Å². The Morgan fingerprint density at radius 3 is 2.72 bits per heavy atom. The van der Waals surface area contributed by atoms with Crippen LogP contribution in [0.4, 0.5) is 5.69 Å². The Bertz CT molecular complexity index is 782. The SMILES string of the molecule is C=CC(=O)Nc1ccc(C(=O)N2CCCCC2c2noc(C)n2)cc1. The number of aromatic nitrogens is 2. The number of amides is 2. The molecule has 7 nitrogen and oxygen atoms in total. The predicted octanol–water partition coefficient (Wildman–Crippen LogP) is 2.87. The third kappa shape index (κ3) is 3.76. The Kier molecular flexibility index (Phi) is 4.92. The van der Waals surface area contributed by atoms with E-state index < -0.39 is 0 Å². The zero-order valence-electron chi connectivity index (χ0n) is 14.1. The molecule has 2 heterocycles. The minimum absolute atomic E-state index is 0.0752. The number of benzene rings is 1. The fourth-order valence-electron chi connectivity index (χ4n) is 2.95. The maximum absolute atomic E-state index is 12.9. The summed E-state index contributed by atoms with van der Waals surface area (Å²) in [6, 6.07) is 6.64. The molecule has 1 saturated heterocycles. The van der Waals surface area contributed by atoms with E-state index in [0.29, 0.717) is 29.5 Å². The highest BCUT2D eigenvalue weighted by Gasteiger charge is 2.31. The van der Waals surface area contributed by atoms with Crippen molar-refractivity contribution in [2.45, 2.75) is 32.2 Å². The molecule has 1 aromatic heterocycles. The van der Waals surface area contributed by atoms with Crippen molar-refractivity contribution in [3.63, 3.8) is 0 Å². The smallest absolute Gasteiger partial charge is 0.254 e. The monoisotopic (exact) mass is 340 g/mol. The second kappa shape index (κ2) is 7.29. The largest absolute Gasteiger partial charge is 0.340 e. The molecule has 7 heteroatoms. The number of hydrogen-bond acceptors (Lipinski definition) is 5. The van der Waals surface area contributed by atoms with Crippen molar-refractivity contribution in [3.8, 4) is 0 Å². The van der Waals surface area contributed by atoms with Gasteiger partial charge in [0.1, 0.15) is 0 Å². The molecule has 1 fully saturated rings. The van der Waals surface area contributed by atoms with Crippen molar-refractivity contribution in [2.24, 2.45) is 0 Å². The van der Waals surface area contributed by atoms with Crippen molar-refractivity contribution in [1.29, 1.82) is 0 Å². The summed E-state index contributed by atoms with van der Waals surface area (Å²) >= 11 is 0. The van der Waals surface area contributed by atoms with E-state index in [4.69, 9.17) is 4.52 Å². The Labute approximate surface area is 145 Å². The molecule has 1 unspecified atom stereocenters. The summed E-state index contributed by atoms with van der Waals surface area (Å²) in [7, 11) is 0. The van der Waals surface area contributed by atoms with E-state index >= 15 is 0 Å². The van der Waals surface area contributed by atoms with Gasteiger partial charge in [0.25, 0.3) is 5.91 Å². The van der Waals surface area contributed by atoms with Crippen molar-refractivity contribution < 1.29 is 14.1 Å². The molecule has 2 aromatic rings. The number of piperidine rings is 1. The molecule has 0 spiro atoms. The Balaban J connectivity index is 1.78. The third-order valence-electron chi connectivity index (χ3n) is 4.19. The van der Waals surface area contributed by atoms with E-state index in [1.54, 1.807) is 36.1 Å². The van der Waals surface area contributed by atoms with Crippen LogP contribution in [0.25, 0.3) is 0 Å². The highest BCUT2D eigenvalue weighted by atomic mass is 16.5. The number of aryl methyl sites for hydroxylation is 1. The fourth-order valence-corrected chi connectivity index (χ4v) is 2.95. The summed E-state index contributed by atoms with van der Waals surface area (Å²) in [6.07, 6.45) is 3.99. The van der Waals surface area contributed by atoms with Gasteiger partial charge in [-0.05, 0) is 49.6 Å². The number of anilines is 1. The van der Waals surface area contributed by atoms with Crippen molar-refractivity contribution in [3.05, 3.63) is 54.2 Å². The number of likely N-dealkylation sites (tertiary alicyclic amines) is 1. The molecular formula is C18H20N4O3. The fraction of sp³-hybridized carbons (Fsp3) is 0.333. The van der Waals surface area contributed by atoms with Gasteiger partial charge in [-0.25, -0.2) is 0 Å². The second-order valence-corrected chi connectivity index (χ2v) is 5.95. The lowest BCUT2D eigenvalue weighted by atomic mass is 10.00. The lowest BCUT2D eigenvalue weighted by Crippen LogP contribution is -2.39. The summed E-state index contributed by atoms with van der Waals surface area (Å²) in [4.78, 5) is 30.3. The highest BCUT2D eigenvalue weighted by Crippen LogP contribution is 2.30. The van der Waals surface area contributed by atoms with Crippen LogP contribution in [0.3, 0.4) is 0 Å².